The van der Waals surface area contributed by atoms with Crippen LogP contribution in [0.25, 0.3) is 11.4 Å². The number of anilines is 2. The first-order chi connectivity index (χ1) is 14.5. The van der Waals surface area contributed by atoms with Crippen molar-refractivity contribution in [2.24, 2.45) is 7.05 Å². The standard InChI is InChI=1S/C23H28N6O/c1-17(2)28-11-13-29(14-12-28)21-9-7-18(8-10-21)23(30)25-20-6-4-5-19(15-20)22-26-24-16-27(22)3/h4-10,15-17H,11-14H2,1-3H3,(H,25,30). The molecule has 2 heterocycles. The normalized spacial score (nSPS) is 14.9. The third-order valence-corrected chi connectivity index (χ3v) is 5.63. The van der Waals surface area contributed by atoms with E-state index in [0.717, 1.165) is 43.3 Å². The highest BCUT2D eigenvalue weighted by atomic mass is 16.1. The Morgan fingerprint density at radius 3 is 2.40 bits per heavy atom. The Hall–Kier alpha value is -3.19. The minimum absolute atomic E-state index is 0.124. The van der Waals surface area contributed by atoms with Crippen LogP contribution in [0.1, 0.15) is 24.2 Å². The van der Waals surface area contributed by atoms with Crippen molar-refractivity contribution in [2.75, 3.05) is 36.4 Å². The molecular formula is C23H28N6O. The summed E-state index contributed by atoms with van der Waals surface area (Å²) >= 11 is 0. The van der Waals surface area contributed by atoms with Crippen molar-refractivity contribution in [1.82, 2.24) is 19.7 Å². The number of rotatable bonds is 5. The number of amides is 1. The molecule has 1 saturated heterocycles. The van der Waals surface area contributed by atoms with E-state index in [2.05, 4.69) is 39.2 Å². The van der Waals surface area contributed by atoms with Crippen LogP contribution in [-0.2, 0) is 7.05 Å². The van der Waals surface area contributed by atoms with Gasteiger partial charge in [-0.05, 0) is 50.2 Å². The van der Waals surface area contributed by atoms with Crippen LogP contribution < -0.4 is 10.2 Å². The molecule has 156 valence electrons. The van der Waals surface area contributed by atoms with Gasteiger partial charge in [-0.2, -0.15) is 0 Å². The molecule has 4 rings (SSSR count). The Morgan fingerprint density at radius 1 is 1.03 bits per heavy atom. The molecule has 7 heteroatoms. The van der Waals surface area contributed by atoms with Crippen molar-refractivity contribution in [3.63, 3.8) is 0 Å². The summed E-state index contributed by atoms with van der Waals surface area (Å²) in [5.74, 6) is 0.634. The van der Waals surface area contributed by atoms with E-state index in [1.165, 1.54) is 5.69 Å². The van der Waals surface area contributed by atoms with Gasteiger partial charge in [0.15, 0.2) is 5.82 Å². The number of hydrogen-bond donors (Lipinski definition) is 1. The van der Waals surface area contributed by atoms with Gasteiger partial charge in [0.1, 0.15) is 6.33 Å². The topological polar surface area (TPSA) is 66.3 Å². The van der Waals surface area contributed by atoms with Crippen molar-refractivity contribution < 1.29 is 4.79 Å². The summed E-state index contributed by atoms with van der Waals surface area (Å²) < 4.78 is 1.85. The lowest BCUT2D eigenvalue weighted by Gasteiger charge is -2.38. The smallest absolute Gasteiger partial charge is 0.255 e. The molecule has 0 spiro atoms. The molecule has 1 aromatic heterocycles. The van der Waals surface area contributed by atoms with Crippen LogP contribution in [0.15, 0.2) is 54.9 Å². The third kappa shape index (κ3) is 4.36. The molecule has 1 N–H and O–H groups in total. The van der Waals surface area contributed by atoms with Crippen LogP contribution >= 0.6 is 0 Å². The van der Waals surface area contributed by atoms with E-state index in [-0.39, 0.29) is 5.91 Å². The lowest BCUT2D eigenvalue weighted by atomic mass is 10.1. The second-order valence-electron chi connectivity index (χ2n) is 7.96. The van der Waals surface area contributed by atoms with Crippen LogP contribution in [-0.4, -0.2) is 57.8 Å². The molecule has 0 aliphatic carbocycles. The predicted octanol–water partition coefficient (Wildman–Crippen LogP) is 3.26. The Kier molecular flexibility index (Phi) is 5.81. The van der Waals surface area contributed by atoms with Gasteiger partial charge in [0.2, 0.25) is 0 Å². The first kappa shape index (κ1) is 20.1. The average Bonchev–Trinajstić information content (AvgIpc) is 3.20. The molecule has 0 radical (unpaired) electrons. The number of piperazine rings is 1. The van der Waals surface area contributed by atoms with Gasteiger partial charge in [-0.3, -0.25) is 9.69 Å². The van der Waals surface area contributed by atoms with E-state index >= 15 is 0 Å². The van der Waals surface area contributed by atoms with Gasteiger partial charge in [0.25, 0.3) is 5.91 Å². The van der Waals surface area contributed by atoms with Gasteiger partial charge in [0, 0.05) is 61.8 Å². The van der Waals surface area contributed by atoms with E-state index in [4.69, 9.17) is 0 Å². The maximum atomic E-state index is 12.7. The first-order valence-corrected chi connectivity index (χ1v) is 10.4. The fourth-order valence-electron chi connectivity index (χ4n) is 3.80. The van der Waals surface area contributed by atoms with Crippen LogP contribution in [0.4, 0.5) is 11.4 Å². The number of hydrogen-bond acceptors (Lipinski definition) is 5. The molecule has 1 amide bonds. The number of carbonyl (C=O) groups is 1. The Bertz CT molecular complexity index is 1000. The quantitative estimate of drug-likeness (QED) is 0.707. The number of aryl methyl sites for hydroxylation is 1. The summed E-state index contributed by atoms with van der Waals surface area (Å²) in [5, 5.41) is 11.0. The molecule has 3 aromatic rings. The van der Waals surface area contributed by atoms with Crippen LogP contribution in [0.3, 0.4) is 0 Å². The molecule has 0 unspecified atom stereocenters. The van der Waals surface area contributed by atoms with Crippen molar-refractivity contribution in [3.8, 4) is 11.4 Å². The minimum Gasteiger partial charge on any atom is -0.369 e. The summed E-state index contributed by atoms with van der Waals surface area (Å²) in [7, 11) is 1.89. The highest BCUT2D eigenvalue weighted by Gasteiger charge is 2.19. The second-order valence-corrected chi connectivity index (χ2v) is 7.96. The van der Waals surface area contributed by atoms with Crippen LogP contribution in [0.5, 0.6) is 0 Å². The zero-order valence-corrected chi connectivity index (χ0v) is 17.7. The van der Waals surface area contributed by atoms with Crippen molar-refractivity contribution in [1.29, 1.82) is 0 Å². The highest BCUT2D eigenvalue weighted by molar-refractivity contribution is 6.04. The van der Waals surface area contributed by atoms with Gasteiger partial charge in [-0.1, -0.05) is 12.1 Å². The highest BCUT2D eigenvalue weighted by Crippen LogP contribution is 2.22. The Morgan fingerprint density at radius 2 is 1.77 bits per heavy atom. The first-order valence-electron chi connectivity index (χ1n) is 10.4. The van der Waals surface area contributed by atoms with Gasteiger partial charge in [-0.15, -0.1) is 10.2 Å². The third-order valence-electron chi connectivity index (χ3n) is 5.63. The molecule has 0 atom stereocenters. The predicted molar refractivity (Wildman–Crippen MR) is 120 cm³/mol. The molecule has 30 heavy (non-hydrogen) atoms. The van der Waals surface area contributed by atoms with E-state index < -0.39 is 0 Å². The van der Waals surface area contributed by atoms with Gasteiger partial charge in [0.05, 0.1) is 0 Å². The van der Waals surface area contributed by atoms with E-state index in [1.54, 1.807) is 6.33 Å². The van der Waals surface area contributed by atoms with E-state index in [0.29, 0.717) is 11.6 Å². The monoisotopic (exact) mass is 404 g/mol. The summed E-state index contributed by atoms with van der Waals surface area (Å²) in [6.07, 6.45) is 1.66. The molecule has 7 nitrogen and oxygen atoms in total. The van der Waals surface area contributed by atoms with Gasteiger partial charge in [-0.25, -0.2) is 0 Å². The van der Waals surface area contributed by atoms with E-state index in [1.807, 2.05) is 60.1 Å². The Balaban J connectivity index is 1.41. The number of nitrogens with one attached hydrogen (secondary N) is 1. The fourth-order valence-corrected chi connectivity index (χ4v) is 3.80. The summed E-state index contributed by atoms with van der Waals surface area (Å²) in [4.78, 5) is 17.6. The maximum Gasteiger partial charge on any atom is 0.255 e. The average molecular weight is 405 g/mol. The molecule has 1 aliphatic heterocycles. The SMILES string of the molecule is CC(C)N1CCN(c2ccc(C(=O)Nc3cccc(-c4nncn4C)c3)cc2)CC1. The lowest BCUT2D eigenvalue weighted by Crippen LogP contribution is -2.48. The molecule has 0 bridgehead atoms. The van der Waals surface area contributed by atoms with Crippen molar-refractivity contribution in [3.05, 3.63) is 60.4 Å². The number of nitrogens with zero attached hydrogens (tertiary/aromatic N) is 5. The second kappa shape index (κ2) is 8.67. The van der Waals surface area contributed by atoms with E-state index in [9.17, 15) is 4.79 Å². The molecular weight excluding hydrogens is 376 g/mol. The molecule has 0 saturated carbocycles. The summed E-state index contributed by atoms with van der Waals surface area (Å²) in [6, 6.07) is 16.1. The number of aromatic nitrogens is 3. The summed E-state index contributed by atoms with van der Waals surface area (Å²) in [6.45, 7) is 8.65. The number of benzene rings is 2. The minimum atomic E-state index is -0.124. The number of carbonyl (C=O) groups excluding carboxylic acids is 1. The zero-order chi connectivity index (χ0) is 21.1. The zero-order valence-electron chi connectivity index (χ0n) is 17.7. The van der Waals surface area contributed by atoms with Gasteiger partial charge < -0.3 is 14.8 Å². The molecule has 2 aromatic carbocycles. The van der Waals surface area contributed by atoms with Gasteiger partial charge >= 0.3 is 0 Å². The molecule has 1 aliphatic rings. The van der Waals surface area contributed by atoms with Crippen molar-refractivity contribution in [2.45, 2.75) is 19.9 Å². The van der Waals surface area contributed by atoms with Crippen LogP contribution in [0, 0.1) is 0 Å². The van der Waals surface area contributed by atoms with Crippen molar-refractivity contribution >= 4 is 17.3 Å². The summed E-state index contributed by atoms with van der Waals surface area (Å²) in [5.41, 5.74) is 3.45. The molecule has 1 fully saturated rings. The fraction of sp³-hybridized carbons (Fsp3) is 0.348. The largest absolute Gasteiger partial charge is 0.369 e. The Labute approximate surface area is 177 Å². The van der Waals surface area contributed by atoms with Crippen LogP contribution in [0.2, 0.25) is 0 Å². The lowest BCUT2D eigenvalue weighted by molar-refractivity contribution is 0.102. The maximum absolute atomic E-state index is 12.7.